The van der Waals surface area contributed by atoms with Crippen LogP contribution in [0.1, 0.15) is 67.0 Å². The molecule has 0 unspecified atom stereocenters. The predicted octanol–water partition coefficient (Wildman–Crippen LogP) is 4.60. The van der Waals surface area contributed by atoms with Gasteiger partial charge in [-0.1, -0.05) is 31.2 Å². The molecule has 0 bridgehead atoms. The molecule has 1 N–H and O–H groups in total. The third kappa shape index (κ3) is 5.48. The summed E-state index contributed by atoms with van der Waals surface area (Å²) < 4.78 is 26.5. The number of aryl methyl sites for hydroxylation is 4. The van der Waals surface area contributed by atoms with Crippen LogP contribution < -0.4 is 9.62 Å². The lowest BCUT2D eigenvalue weighted by atomic mass is 9.88. The molecule has 2 aromatic carbocycles. The lowest BCUT2D eigenvalue weighted by molar-refractivity contribution is -0.122. The van der Waals surface area contributed by atoms with Crippen molar-refractivity contribution < 1.29 is 13.2 Å². The van der Waals surface area contributed by atoms with Crippen molar-refractivity contribution in [2.75, 3.05) is 10.6 Å². The van der Waals surface area contributed by atoms with Crippen LogP contribution in [-0.4, -0.2) is 26.6 Å². The molecular weight excluding hydrogens is 408 g/mol. The molecular formula is C25H34N2O3S. The second-order valence-corrected chi connectivity index (χ2v) is 10.6. The first-order valence-electron chi connectivity index (χ1n) is 11.1. The molecule has 3 rings (SSSR count). The zero-order chi connectivity index (χ0) is 22.8. The van der Waals surface area contributed by atoms with E-state index in [1.165, 1.54) is 28.3 Å². The number of hydrogen-bond donors (Lipinski definition) is 1. The highest BCUT2D eigenvalue weighted by Crippen LogP contribution is 2.27. The molecule has 0 saturated carbocycles. The van der Waals surface area contributed by atoms with E-state index in [-0.39, 0.29) is 11.9 Å². The van der Waals surface area contributed by atoms with Crippen molar-refractivity contribution in [3.8, 4) is 0 Å². The van der Waals surface area contributed by atoms with E-state index in [1.54, 1.807) is 19.1 Å². The van der Waals surface area contributed by atoms with E-state index in [0.717, 1.165) is 42.2 Å². The van der Waals surface area contributed by atoms with Gasteiger partial charge >= 0.3 is 0 Å². The number of nitrogens with zero attached hydrogens (tertiary/aromatic N) is 1. The van der Waals surface area contributed by atoms with Gasteiger partial charge in [-0.25, -0.2) is 8.42 Å². The van der Waals surface area contributed by atoms with Gasteiger partial charge in [0.25, 0.3) is 0 Å². The summed E-state index contributed by atoms with van der Waals surface area (Å²) in [6, 6.07) is 11.1. The van der Waals surface area contributed by atoms with Crippen LogP contribution in [0.25, 0.3) is 0 Å². The van der Waals surface area contributed by atoms with E-state index in [9.17, 15) is 13.2 Å². The summed E-state index contributed by atoms with van der Waals surface area (Å²) in [5.41, 5.74) is 6.29. The van der Waals surface area contributed by atoms with Crippen molar-refractivity contribution in [3.63, 3.8) is 0 Å². The first kappa shape index (κ1) is 23.3. The van der Waals surface area contributed by atoms with Crippen molar-refractivity contribution in [1.29, 1.82) is 0 Å². The highest BCUT2D eigenvalue weighted by atomic mass is 32.2. The first-order chi connectivity index (χ1) is 14.6. The van der Waals surface area contributed by atoms with Crippen LogP contribution in [-0.2, 0) is 27.7 Å². The van der Waals surface area contributed by atoms with Crippen LogP contribution >= 0.6 is 0 Å². The average molecular weight is 443 g/mol. The van der Waals surface area contributed by atoms with Gasteiger partial charge in [-0.3, -0.25) is 9.10 Å². The SMILES string of the molecule is CC[C@@H](NC(=O)[C@H](C)N(c1cc(C)cc(C)c1)S(C)(=O)=O)c1ccc2c(c1)CCCC2. The van der Waals surface area contributed by atoms with Gasteiger partial charge in [0, 0.05) is 0 Å². The zero-order valence-corrected chi connectivity index (χ0v) is 20.1. The molecule has 0 spiro atoms. The van der Waals surface area contributed by atoms with Gasteiger partial charge in [0.2, 0.25) is 15.9 Å². The maximum Gasteiger partial charge on any atom is 0.244 e. The molecule has 168 valence electrons. The fourth-order valence-electron chi connectivity index (χ4n) is 4.57. The third-order valence-corrected chi connectivity index (χ3v) is 7.29. The van der Waals surface area contributed by atoms with Crippen molar-refractivity contribution in [2.24, 2.45) is 0 Å². The number of rotatable bonds is 7. The van der Waals surface area contributed by atoms with Gasteiger partial charge in [0.05, 0.1) is 18.0 Å². The Balaban J connectivity index is 1.85. The van der Waals surface area contributed by atoms with Crippen LogP contribution in [0.15, 0.2) is 36.4 Å². The van der Waals surface area contributed by atoms with E-state index in [1.807, 2.05) is 26.8 Å². The van der Waals surface area contributed by atoms with Gasteiger partial charge in [-0.05, 0) is 92.8 Å². The van der Waals surface area contributed by atoms with Crippen molar-refractivity contribution in [2.45, 2.75) is 71.9 Å². The monoisotopic (exact) mass is 442 g/mol. The minimum Gasteiger partial charge on any atom is -0.347 e. The number of anilines is 1. The summed E-state index contributed by atoms with van der Waals surface area (Å²) >= 11 is 0. The van der Waals surface area contributed by atoms with Crippen LogP contribution in [0.2, 0.25) is 0 Å². The Morgan fingerprint density at radius 2 is 1.65 bits per heavy atom. The topological polar surface area (TPSA) is 66.5 Å². The molecule has 2 aromatic rings. The van der Waals surface area contributed by atoms with E-state index in [2.05, 4.69) is 23.5 Å². The molecule has 2 atom stereocenters. The fourth-order valence-corrected chi connectivity index (χ4v) is 5.73. The Labute approximate surface area is 186 Å². The van der Waals surface area contributed by atoms with Crippen molar-refractivity contribution in [1.82, 2.24) is 5.32 Å². The van der Waals surface area contributed by atoms with E-state index in [4.69, 9.17) is 0 Å². The first-order valence-corrected chi connectivity index (χ1v) is 12.9. The molecule has 1 aliphatic carbocycles. The number of nitrogens with one attached hydrogen (secondary N) is 1. The number of carbonyl (C=O) groups excluding carboxylic acids is 1. The largest absolute Gasteiger partial charge is 0.347 e. The number of hydrogen-bond acceptors (Lipinski definition) is 3. The molecule has 0 radical (unpaired) electrons. The number of carbonyl (C=O) groups is 1. The molecule has 1 aliphatic rings. The maximum absolute atomic E-state index is 13.2. The molecule has 0 aliphatic heterocycles. The Morgan fingerprint density at radius 3 is 2.23 bits per heavy atom. The summed E-state index contributed by atoms with van der Waals surface area (Å²) in [5, 5.41) is 3.10. The van der Waals surface area contributed by atoms with Crippen molar-refractivity contribution in [3.05, 3.63) is 64.2 Å². The normalized spacial score (nSPS) is 15.6. The third-order valence-electron chi connectivity index (χ3n) is 6.05. The lowest BCUT2D eigenvalue weighted by Gasteiger charge is -2.30. The van der Waals surface area contributed by atoms with E-state index in [0.29, 0.717) is 5.69 Å². The summed E-state index contributed by atoms with van der Waals surface area (Å²) in [4.78, 5) is 13.2. The van der Waals surface area contributed by atoms with Crippen LogP contribution in [0.5, 0.6) is 0 Å². The molecule has 0 fully saturated rings. The molecule has 1 amide bonds. The molecule has 0 heterocycles. The Morgan fingerprint density at radius 1 is 1.03 bits per heavy atom. The Kier molecular flexibility index (Phi) is 7.10. The minimum absolute atomic E-state index is 0.150. The average Bonchev–Trinajstić information content (AvgIpc) is 2.69. The summed E-state index contributed by atoms with van der Waals surface area (Å²) in [6.45, 7) is 7.52. The molecule has 5 nitrogen and oxygen atoms in total. The molecule has 0 saturated heterocycles. The predicted molar refractivity (Wildman–Crippen MR) is 127 cm³/mol. The molecule has 0 aromatic heterocycles. The van der Waals surface area contributed by atoms with Gasteiger partial charge < -0.3 is 5.32 Å². The molecule has 6 heteroatoms. The number of sulfonamides is 1. The van der Waals surface area contributed by atoms with Crippen LogP contribution in [0.4, 0.5) is 5.69 Å². The summed E-state index contributed by atoms with van der Waals surface area (Å²) in [5.74, 6) is -0.297. The Bertz CT molecular complexity index is 1040. The molecule has 31 heavy (non-hydrogen) atoms. The summed E-state index contributed by atoms with van der Waals surface area (Å²) in [7, 11) is -3.64. The van der Waals surface area contributed by atoms with Gasteiger partial charge in [-0.15, -0.1) is 0 Å². The van der Waals surface area contributed by atoms with E-state index < -0.39 is 16.1 Å². The second kappa shape index (κ2) is 9.43. The van der Waals surface area contributed by atoms with Crippen LogP contribution in [0, 0.1) is 13.8 Å². The highest BCUT2D eigenvalue weighted by molar-refractivity contribution is 7.92. The van der Waals surface area contributed by atoms with Gasteiger partial charge in [-0.2, -0.15) is 0 Å². The zero-order valence-electron chi connectivity index (χ0n) is 19.2. The van der Waals surface area contributed by atoms with E-state index >= 15 is 0 Å². The number of amides is 1. The fraction of sp³-hybridized carbons (Fsp3) is 0.480. The van der Waals surface area contributed by atoms with Crippen LogP contribution in [0.3, 0.4) is 0 Å². The maximum atomic E-state index is 13.2. The quantitative estimate of drug-likeness (QED) is 0.681. The second-order valence-electron chi connectivity index (χ2n) is 8.79. The number of benzene rings is 2. The summed E-state index contributed by atoms with van der Waals surface area (Å²) in [6.07, 6.45) is 6.52. The standard InChI is InChI=1S/C25H34N2O3S/c1-6-24(22-12-11-20-9-7-8-10-21(20)16-22)26-25(28)19(4)27(31(5,29)30)23-14-17(2)13-18(3)15-23/h11-16,19,24H,6-10H2,1-5H3,(H,26,28)/t19-,24+/m0/s1. The minimum atomic E-state index is -3.64. The van der Waals surface area contributed by atoms with Crippen molar-refractivity contribution >= 4 is 21.6 Å². The Hall–Kier alpha value is -2.34. The lowest BCUT2D eigenvalue weighted by Crippen LogP contribution is -2.48. The van der Waals surface area contributed by atoms with Gasteiger partial charge in [0.1, 0.15) is 6.04 Å². The highest BCUT2D eigenvalue weighted by Gasteiger charge is 2.30. The van der Waals surface area contributed by atoms with Gasteiger partial charge in [0.15, 0.2) is 0 Å². The number of fused-ring (bicyclic) bond motifs is 1. The smallest absolute Gasteiger partial charge is 0.244 e.